The van der Waals surface area contributed by atoms with Crippen molar-refractivity contribution in [2.24, 2.45) is 0 Å². The molecule has 1 heterocycles. The summed E-state index contributed by atoms with van der Waals surface area (Å²) in [4.78, 5) is 0. The van der Waals surface area contributed by atoms with Crippen LogP contribution < -0.4 is 14.8 Å². The van der Waals surface area contributed by atoms with Crippen LogP contribution in [0, 0.1) is 0 Å². The van der Waals surface area contributed by atoms with Gasteiger partial charge < -0.3 is 14.8 Å². The molecule has 3 rings (SSSR count). The Kier molecular flexibility index (Phi) is 4.17. The molecule has 2 unspecified atom stereocenters. The van der Waals surface area contributed by atoms with Crippen molar-refractivity contribution in [1.29, 1.82) is 0 Å². The molecule has 0 aromatic heterocycles. The summed E-state index contributed by atoms with van der Waals surface area (Å²) in [5.74, 6) is 1.80. The molecule has 0 amide bonds. The Hall–Kier alpha value is -1.52. The Morgan fingerprint density at radius 1 is 1.24 bits per heavy atom. The second kappa shape index (κ2) is 6.08. The molecule has 0 fully saturated rings. The Labute approximate surface area is 133 Å². The molecule has 1 aliphatic heterocycles. The topological polar surface area (TPSA) is 30.5 Å². The average molecular weight is 348 g/mol. The highest BCUT2D eigenvalue weighted by Crippen LogP contribution is 2.42. The molecule has 21 heavy (non-hydrogen) atoms. The molecule has 110 valence electrons. The van der Waals surface area contributed by atoms with Gasteiger partial charge in [0.1, 0.15) is 17.6 Å². The molecule has 1 aliphatic rings. The zero-order valence-corrected chi connectivity index (χ0v) is 13.7. The molecule has 0 bridgehead atoms. The minimum absolute atomic E-state index is 0.0335. The van der Waals surface area contributed by atoms with Gasteiger partial charge in [0.05, 0.1) is 7.11 Å². The molecule has 0 saturated carbocycles. The minimum atomic E-state index is 0.0335. The number of hydrogen-bond acceptors (Lipinski definition) is 3. The van der Waals surface area contributed by atoms with Crippen LogP contribution in [0.25, 0.3) is 0 Å². The van der Waals surface area contributed by atoms with E-state index in [1.807, 2.05) is 37.4 Å². The van der Waals surface area contributed by atoms with Crippen molar-refractivity contribution < 1.29 is 9.47 Å². The first kappa shape index (κ1) is 14.4. The Morgan fingerprint density at radius 2 is 2.10 bits per heavy atom. The van der Waals surface area contributed by atoms with Crippen LogP contribution >= 0.6 is 15.9 Å². The lowest BCUT2D eigenvalue weighted by Gasteiger charge is -2.32. The third-order valence-electron chi connectivity index (χ3n) is 3.88. The minimum Gasteiger partial charge on any atom is -0.497 e. The van der Waals surface area contributed by atoms with Gasteiger partial charge in [-0.15, -0.1) is 0 Å². The van der Waals surface area contributed by atoms with E-state index < -0.39 is 0 Å². The van der Waals surface area contributed by atoms with Crippen LogP contribution in [0.2, 0.25) is 0 Å². The summed E-state index contributed by atoms with van der Waals surface area (Å²) in [7, 11) is 3.67. The van der Waals surface area contributed by atoms with E-state index in [9.17, 15) is 0 Å². The summed E-state index contributed by atoms with van der Waals surface area (Å²) < 4.78 is 12.6. The first-order chi connectivity index (χ1) is 10.2. The van der Waals surface area contributed by atoms with Gasteiger partial charge >= 0.3 is 0 Å². The van der Waals surface area contributed by atoms with Crippen LogP contribution in [0.15, 0.2) is 46.9 Å². The average Bonchev–Trinajstić information content (AvgIpc) is 2.54. The highest BCUT2D eigenvalue weighted by atomic mass is 79.9. The highest BCUT2D eigenvalue weighted by molar-refractivity contribution is 9.10. The van der Waals surface area contributed by atoms with Crippen LogP contribution in [0.1, 0.15) is 29.7 Å². The normalized spacial score (nSPS) is 20.5. The van der Waals surface area contributed by atoms with E-state index in [2.05, 4.69) is 33.4 Å². The summed E-state index contributed by atoms with van der Waals surface area (Å²) in [6, 6.07) is 14.5. The van der Waals surface area contributed by atoms with Gasteiger partial charge in [-0.2, -0.15) is 0 Å². The van der Waals surface area contributed by atoms with Crippen molar-refractivity contribution in [1.82, 2.24) is 5.32 Å². The number of ether oxygens (including phenoxy) is 2. The van der Waals surface area contributed by atoms with Gasteiger partial charge in [0.2, 0.25) is 0 Å². The van der Waals surface area contributed by atoms with E-state index in [4.69, 9.17) is 9.47 Å². The van der Waals surface area contributed by atoms with Gasteiger partial charge in [-0.25, -0.2) is 0 Å². The third-order valence-corrected chi connectivity index (χ3v) is 4.37. The molecular formula is C17H18BrNO2. The van der Waals surface area contributed by atoms with Crippen LogP contribution in [0.3, 0.4) is 0 Å². The summed E-state index contributed by atoms with van der Waals surface area (Å²) in [5.41, 5.74) is 2.34. The van der Waals surface area contributed by atoms with Crippen LogP contribution in [0.5, 0.6) is 11.5 Å². The van der Waals surface area contributed by atoms with E-state index in [0.717, 1.165) is 28.0 Å². The Bertz CT molecular complexity index is 644. The molecule has 2 aromatic carbocycles. The van der Waals surface area contributed by atoms with Crippen molar-refractivity contribution >= 4 is 15.9 Å². The maximum Gasteiger partial charge on any atom is 0.126 e. The number of rotatable bonds is 3. The fourth-order valence-corrected chi connectivity index (χ4v) is 3.14. The smallest absolute Gasteiger partial charge is 0.126 e. The molecule has 0 aliphatic carbocycles. The number of halogens is 1. The SMILES string of the molecule is CNC1CC(c2cccc(OC)c2)Oc2ccc(Br)cc21. The van der Waals surface area contributed by atoms with E-state index in [-0.39, 0.29) is 12.1 Å². The quantitative estimate of drug-likeness (QED) is 0.900. The van der Waals surface area contributed by atoms with Crippen molar-refractivity contribution in [3.05, 3.63) is 58.1 Å². The van der Waals surface area contributed by atoms with Crippen molar-refractivity contribution in [3.8, 4) is 11.5 Å². The zero-order chi connectivity index (χ0) is 14.8. The lowest BCUT2D eigenvalue weighted by atomic mass is 9.93. The first-order valence-corrected chi connectivity index (χ1v) is 7.78. The predicted octanol–water partition coefficient (Wildman–Crippen LogP) is 4.24. The summed E-state index contributed by atoms with van der Waals surface area (Å²) in [5, 5.41) is 3.38. The molecule has 4 heteroatoms. The van der Waals surface area contributed by atoms with Gasteiger partial charge in [0.15, 0.2) is 0 Å². The van der Waals surface area contributed by atoms with Crippen LogP contribution in [0.4, 0.5) is 0 Å². The zero-order valence-electron chi connectivity index (χ0n) is 12.1. The van der Waals surface area contributed by atoms with E-state index in [0.29, 0.717) is 0 Å². The summed E-state index contributed by atoms with van der Waals surface area (Å²) in [6.07, 6.45) is 0.929. The van der Waals surface area contributed by atoms with Gasteiger partial charge in [-0.3, -0.25) is 0 Å². The first-order valence-electron chi connectivity index (χ1n) is 6.98. The molecule has 0 spiro atoms. The molecule has 0 saturated heterocycles. The van der Waals surface area contributed by atoms with E-state index >= 15 is 0 Å². The maximum absolute atomic E-state index is 6.19. The lowest BCUT2D eigenvalue weighted by molar-refractivity contribution is 0.153. The molecule has 2 aromatic rings. The van der Waals surface area contributed by atoms with E-state index in [1.54, 1.807) is 7.11 Å². The van der Waals surface area contributed by atoms with Crippen molar-refractivity contribution in [2.75, 3.05) is 14.2 Å². The fourth-order valence-electron chi connectivity index (χ4n) is 2.76. The molecule has 3 nitrogen and oxygen atoms in total. The van der Waals surface area contributed by atoms with Gasteiger partial charge in [0, 0.05) is 22.5 Å². The number of hydrogen-bond donors (Lipinski definition) is 1. The molecule has 1 N–H and O–H groups in total. The Balaban J connectivity index is 1.94. The van der Waals surface area contributed by atoms with Gasteiger partial charge in [-0.1, -0.05) is 28.1 Å². The van der Waals surface area contributed by atoms with Crippen molar-refractivity contribution in [2.45, 2.75) is 18.6 Å². The maximum atomic E-state index is 6.19. The van der Waals surface area contributed by atoms with Crippen LogP contribution in [-0.2, 0) is 0 Å². The van der Waals surface area contributed by atoms with Gasteiger partial charge in [-0.05, 0) is 42.9 Å². The molecule has 2 atom stereocenters. The summed E-state index contributed by atoms with van der Waals surface area (Å²) in [6.45, 7) is 0. The molecular weight excluding hydrogens is 330 g/mol. The number of fused-ring (bicyclic) bond motifs is 1. The second-order valence-electron chi connectivity index (χ2n) is 5.14. The molecule has 0 radical (unpaired) electrons. The summed E-state index contributed by atoms with van der Waals surface area (Å²) >= 11 is 3.53. The standard InChI is InChI=1S/C17H18BrNO2/c1-19-15-10-17(11-4-3-5-13(8-11)20-2)21-16-7-6-12(18)9-14(15)16/h3-9,15,17,19H,10H2,1-2H3. The number of nitrogens with one attached hydrogen (secondary N) is 1. The third kappa shape index (κ3) is 2.92. The number of methoxy groups -OCH3 is 1. The largest absolute Gasteiger partial charge is 0.497 e. The lowest BCUT2D eigenvalue weighted by Crippen LogP contribution is -2.26. The van der Waals surface area contributed by atoms with Crippen molar-refractivity contribution in [3.63, 3.8) is 0 Å². The van der Waals surface area contributed by atoms with Crippen LogP contribution in [-0.4, -0.2) is 14.2 Å². The predicted molar refractivity (Wildman–Crippen MR) is 86.9 cm³/mol. The fraction of sp³-hybridized carbons (Fsp3) is 0.294. The number of benzene rings is 2. The highest BCUT2D eigenvalue weighted by Gasteiger charge is 2.28. The Morgan fingerprint density at radius 3 is 2.86 bits per heavy atom. The monoisotopic (exact) mass is 347 g/mol. The van der Waals surface area contributed by atoms with Gasteiger partial charge in [0.25, 0.3) is 0 Å². The van der Waals surface area contributed by atoms with E-state index in [1.165, 1.54) is 5.56 Å². The second-order valence-corrected chi connectivity index (χ2v) is 6.06.